The number of aliphatic carboxylic acids is 1. The van der Waals surface area contributed by atoms with Crippen molar-refractivity contribution in [3.8, 4) is 0 Å². The van der Waals surface area contributed by atoms with Crippen LogP contribution in [0.25, 0.3) is 0 Å². The van der Waals surface area contributed by atoms with Crippen LogP contribution in [0.5, 0.6) is 0 Å². The van der Waals surface area contributed by atoms with E-state index in [0.717, 1.165) is 0 Å². The zero-order valence-corrected chi connectivity index (χ0v) is 5.81. The molecule has 0 amide bonds. The van der Waals surface area contributed by atoms with E-state index in [-0.39, 0.29) is 12.4 Å². The number of nitrogens with two attached hydrogens (primary N) is 1. The molecule has 0 radical (unpaired) electrons. The number of carboxylic acids is 1. The molecule has 56 valence electrons. The van der Waals surface area contributed by atoms with Crippen LogP contribution >= 0.6 is 12.4 Å². The van der Waals surface area contributed by atoms with Gasteiger partial charge in [-0.3, -0.25) is 4.79 Å². The average Bonchev–Trinajstić information content (AvgIpc) is 1.67. The molecule has 0 aliphatic heterocycles. The average molecular weight is 156 g/mol. The molecule has 0 aromatic rings. The third-order valence-corrected chi connectivity index (χ3v) is 0.817. The Morgan fingerprint density at radius 1 is 1.78 bits per heavy atom. The molecular weight excluding hydrogens is 146 g/mol. The number of carbonyl (C=O) groups is 1. The standard InChI is InChI=1S/C4H9NO3.ClH/c1-4(5,2-6)3(7)8;/h6H,2,5H2,1H3,(H,7,8);1H. The Kier molecular flexibility index (Phi) is 4.66. The van der Waals surface area contributed by atoms with Crippen LogP contribution in [-0.2, 0) is 4.79 Å². The summed E-state index contributed by atoms with van der Waals surface area (Å²) in [6, 6.07) is 0. The second kappa shape index (κ2) is 3.66. The third kappa shape index (κ3) is 3.29. The van der Waals surface area contributed by atoms with E-state index >= 15 is 0 Å². The second-order valence-corrected chi connectivity index (χ2v) is 1.88. The first-order valence-electron chi connectivity index (χ1n) is 2.14. The van der Waals surface area contributed by atoms with Crippen LogP contribution < -0.4 is 5.73 Å². The fourth-order valence-corrected chi connectivity index (χ4v) is 0.0676. The van der Waals surface area contributed by atoms with Gasteiger partial charge in [-0.05, 0) is 6.92 Å². The van der Waals surface area contributed by atoms with E-state index in [1.165, 1.54) is 6.92 Å². The molecule has 0 aliphatic carbocycles. The maximum atomic E-state index is 9.97. The van der Waals surface area contributed by atoms with Crippen LogP contribution in [0.15, 0.2) is 0 Å². The van der Waals surface area contributed by atoms with Crippen LogP contribution in [0.4, 0.5) is 0 Å². The maximum Gasteiger partial charge on any atom is 0.325 e. The van der Waals surface area contributed by atoms with Crippen molar-refractivity contribution in [3.63, 3.8) is 0 Å². The molecule has 0 spiro atoms. The molecule has 0 saturated heterocycles. The van der Waals surface area contributed by atoms with E-state index in [4.69, 9.17) is 15.9 Å². The van der Waals surface area contributed by atoms with Crippen LogP contribution in [-0.4, -0.2) is 28.3 Å². The third-order valence-electron chi connectivity index (χ3n) is 0.817. The number of hydrogen-bond donors (Lipinski definition) is 3. The molecule has 0 heterocycles. The largest absolute Gasteiger partial charge is 0.480 e. The van der Waals surface area contributed by atoms with Gasteiger partial charge in [0.1, 0.15) is 5.54 Å². The van der Waals surface area contributed by atoms with Crippen molar-refractivity contribution in [2.24, 2.45) is 5.73 Å². The zero-order chi connectivity index (χ0) is 6.78. The van der Waals surface area contributed by atoms with Crippen molar-refractivity contribution in [1.29, 1.82) is 0 Å². The van der Waals surface area contributed by atoms with E-state index in [2.05, 4.69) is 0 Å². The predicted octanol–water partition coefficient (Wildman–Crippen LogP) is -0.797. The summed E-state index contributed by atoms with van der Waals surface area (Å²) in [7, 11) is 0. The first-order chi connectivity index (χ1) is 3.50. The maximum absolute atomic E-state index is 9.97. The first kappa shape index (κ1) is 11.5. The fraction of sp³-hybridized carbons (Fsp3) is 0.750. The van der Waals surface area contributed by atoms with Gasteiger partial charge in [0.15, 0.2) is 0 Å². The molecule has 5 heteroatoms. The lowest BCUT2D eigenvalue weighted by Gasteiger charge is -2.13. The lowest BCUT2D eigenvalue weighted by molar-refractivity contribution is -0.144. The van der Waals surface area contributed by atoms with E-state index in [9.17, 15) is 4.79 Å². The van der Waals surface area contributed by atoms with Crippen molar-refractivity contribution in [3.05, 3.63) is 0 Å². The Bertz CT molecular complexity index is 104. The molecule has 0 aliphatic rings. The van der Waals surface area contributed by atoms with Gasteiger partial charge in [-0.25, -0.2) is 0 Å². The Labute approximate surface area is 59.1 Å². The van der Waals surface area contributed by atoms with Crippen LogP contribution in [0.3, 0.4) is 0 Å². The predicted molar refractivity (Wildman–Crippen MR) is 34.6 cm³/mol. The Morgan fingerprint density at radius 2 is 2.11 bits per heavy atom. The molecule has 0 rings (SSSR count). The van der Waals surface area contributed by atoms with E-state index in [0.29, 0.717) is 0 Å². The van der Waals surface area contributed by atoms with Gasteiger partial charge in [-0.1, -0.05) is 0 Å². The monoisotopic (exact) mass is 155 g/mol. The van der Waals surface area contributed by atoms with Crippen molar-refractivity contribution < 1.29 is 15.0 Å². The summed E-state index contributed by atoms with van der Waals surface area (Å²) in [4.78, 5) is 9.97. The number of rotatable bonds is 2. The van der Waals surface area contributed by atoms with E-state index in [1.54, 1.807) is 0 Å². The van der Waals surface area contributed by atoms with Gasteiger partial charge in [0.05, 0.1) is 6.61 Å². The summed E-state index contributed by atoms with van der Waals surface area (Å²) >= 11 is 0. The summed E-state index contributed by atoms with van der Waals surface area (Å²) in [5.74, 6) is -1.19. The minimum Gasteiger partial charge on any atom is -0.480 e. The van der Waals surface area contributed by atoms with Crippen molar-refractivity contribution in [2.45, 2.75) is 12.5 Å². The molecule has 4 nitrogen and oxygen atoms in total. The molecule has 0 fully saturated rings. The smallest absolute Gasteiger partial charge is 0.325 e. The highest BCUT2D eigenvalue weighted by Gasteiger charge is 2.25. The lowest BCUT2D eigenvalue weighted by atomic mass is 10.1. The van der Waals surface area contributed by atoms with Crippen LogP contribution in [0.2, 0.25) is 0 Å². The highest BCUT2D eigenvalue weighted by Crippen LogP contribution is 1.94. The van der Waals surface area contributed by atoms with Gasteiger partial charge < -0.3 is 15.9 Å². The van der Waals surface area contributed by atoms with Crippen molar-refractivity contribution >= 4 is 18.4 Å². The number of carboxylic acid groups (broad SMARTS) is 1. The first-order valence-corrected chi connectivity index (χ1v) is 2.14. The quantitative estimate of drug-likeness (QED) is 0.488. The SMILES string of the molecule is CC(N)(CO)C(=O)O.Cl. The van der Waals surface area contributed by atoms with Gasteiger partial charge in [-0.2, -0.15) is 0 Å². The lowest BCUT2D eigenvalue weighted by Crippen LogP contribution is -2.48. The molecule has 0 saturated carbocycles. The number of aliphatic hydroxyl groups is 1. The molecule has 0 aromatic heterocycles. The number of hydrogen-bond acceptors (Lipinski definition) is 3. The fourth-order valence-electron chi connectivity index (χ4n) is 0.0676. The van der Waals surface area contributed by atoms with Gasteiger partial charge in [-0.15, -0.1) is 12.4 Å². The normalized spacial score (nSPS) is 15.4. The summed E-state index contributed by atoms with van der Waals surface area (Å²) in [5.41, 5.74) is 3.52. The highest BCUT2D eigenvalue weighted by molar-refractivity contribution is 5.85. The van der Waals surface area contributed by atoms with Crippen LogP contribution in [0.1, 0.15) is 6.92 Å². The minimum atomic E-state index is -1.49. The molecule has 0 bridgehead atoms. The topological polar surface area (TPSA) is 83.5 Å². The molecular formula is C4H10ClNO3. The Balaban J connectivity index is 0. The van der Waals surface area contributed by atoms with Crippen molar-refractivity contribution in [1.82, 2.24) is 0 Å². The highest BCUT2D eigenvalue weighted by atomic mass is 35.5. The Hall–Kier alpha value is -0.320. The summed E-state index contributed by atoms with van der Waals surface area (Å²) < 4.78 is 0. The van der Waals surface area contributed by atoms with Gasteiger partial charge in [0.2, 0.25) is 0 Å². The molecule has 1 unspecified atom stereocenters. The van der Waals surface area contributed by atoms with Crippen LogP contribution in [0, 0.1) is 0 Å². The summed E-state index contributed by atoms with van der Waals surface area (Å²) in [6.45, 7) is 0.706. The van der Waals surface area contributed by atoms with Gasteiger partial charge in [0, 0.05) is 0 Å². The summed E-state index contributed by atoms with van der Waals surface area (Å²) in [5, 5.41) is 16.4. The Morgan fingerprint density at radius 3 is 2.11 bits per heavy atom. The van der Waals surface area contributed by atoms with Crippen molar-refractivity contribution in [2.75, 3.05) is 6.61 Å². The molecule has 0 aromatic carbocycles. The van der Waals surface area contributed by atoms with Gasteiger partial charge >= 0.3 is 5.97 Å². The van der Waals surface area contributed by atoms with E-state index in [1.807, 2.05) is 0 Å². The molecule has 9 heavy (non-hydrogen) atoms. The second-order valence-electron chi connectivity index (χ2n) is 1.88. The zero-order valence-electron chi connectivity index (χ0n) is 5.00. The van der Waals surface area contributed by atoms with E-state index < -0.39 is 18.1 Å². The molecule has 4 N–H and O–H groups in total. The number of aliphatic hydroxyl groups excluding tert-OH is 1. The molecule has 1 atom stereocenters. The summed E-state index contributed by atoms with van der Waals surface area (Å²) in [6.07, 6.45) is 0. The van der Waals surface area contributed by atoms with Gasteiger partial charge in [0.25, 0.3) is 0 Å². The number of halogens is 1. The minimum absolute atomic E-state index is 0.